The zero-order valence-corrected chi connectivity index (χ0v) is 19.9. The highest BCUT2D eigenvalue weighted by Crippen LogP contribution is 2.38. The van der Waals surface area contributed by atoms with E-state index in [1.54, 1.807) is 42.5 Å². The van der Waals surface area contributed by atoms with Gasteiger partial charge in [-0.15, -0.1) is 0 Å². The molecule has 176 valence electrons. The maximum atomic E-state index is 14.1. The summed E-state index contributed by atoms with van der Waals surface area (Å²) >= 11 is 0. The Morgan fingerprint density at radius 2 is 1.43 bits per heavy atom. The summed E-state index contributed by atoms with van der Waals surface area (Å²) in [7, 11) is -3.88. The van der Waals surface area contributed by atoms with Crippen LogP contribution in [0.4, 0.5) is 5.69 Å². The predicted molar refractivity (Wildman–Crippen MR) is 136 cm³/mol. The zero-order valence-electron chi connectivity index (χ0n) is 19.1. The summed E-state index contributed by atoms with van der Waals surface area (Å²) in [4.78, 5) is 14.7. The van der Waals surface area contributed by atoms with Gasteiger partial charge in [0, 0.05) is 12.2 Å². The van der Waals surface area contributed by atoms with Crippen LogP contribution in [0.1, 0.15) is 27.9 Å². The third-order valence-electron chi connectivity index (χ3n) is 6.23. The maximum Gasteiger partial charge on any atom is 0.343 e. The van der Waals surface area contributed by atoms with Crippen molar-refractivity contribution in [3.63, 3.8) is 0 Å². The van der Waals surface area contributed by atoms with Crippen molar-refractivity contribution >= 4 is 21.5 Å². The van der Waals surface area contributed by atoms with Gasteiger partial charge in [-0.25, -0.2) is 13.2 Å². The lowest BCUT2D eigenvalue weighted by Gasteiger charge is -2.38. The van der Waals surface area contributed by atoms with Crippen LogP contribution in [0.5, 0.6) is 5.75 Å². The number of ether oxygens (including phenoxy) is 1. The first-order valence-electron chi connectivity index (χ1n) is 11.5. The SMILES string of the molecule is O=C(Oc1ccccc1S(=O)(=O)C1CCc2ccccc2N1Cc1ccccc1)c1ccccc1. The molecule has 0 N–H and O–H groups in total. The van der Waals surface area contributed by atoms with Crippen molar-refractivity contribution in [2.24, 2.45) is 0 Å². The van der Waals surface area contributed by atoms with Gasteiger partial charge >= 0.3 is 5.97 Å². The highest BCUT2D eigenvalue weighted by Gasteiger charge is 2.38. The molecule has 0 saturated carbocycles. The number of para-hydroxylation sites is 2. The lowest BCUT2D eigenvalue weighted by molar-refractivity contribution is 0.0730. The molecule has 0 bridgehead atoms. The van der Waals surface area contributed by atoms with E-state index >= 15 is 0 Å². The van der Waals surface area contributed by atoms with Crippen LogP contribution in [0.25, 0.3) is 0 Å². The van der Waals surface area contributed by atoms with Gasteiger partial charge in [-0.3, -0.25) is 0 Å². The number of nitrogens with zero attached hydrogens (tertiary/aromatic N) is 1. The van der Waals surface area contributed by atoms with Gasteiger partial charge in [0.25, 0.3) is 0 Å². The summed E-state index contributed by atoms with van der Waals surface area (Å²) in [6.07, 6.45) is 1.09. The van der Waals surface area contributed by atoms with E-state index in [2.05, 4.69) is 0 Å². The van der Waals surface area contributed by atoms with Crippen molar-refractivity contribution < 1.29 is 17.9 Å². The summed E-state index contributed by atoms with van der Waals surface area (Å²) in [5.41, 5.74) is 3.42. The number of carbonyl (C=O) groups is 1. The van der Waals surface area contributed by atoms with Crippen molar-refractivity contribution in [2.75, 3.05) is 4.90 Å². The van der Waals surface area contributed by atoms with Gasteiger partial charge in [-0.05, 0) is 54.3 Å². The van der Waals surface area contributed by atoms with E-state index in [-0.39, 0.29) is 10.6 Å². The number of carbonyl (C=O) groups excluding carboxylic acids is 1. The normalized spacial score (nSPS) is 15.3. The summed E-state index contributed by atoms with van der Waals surface area (Å²) in [5, 5.41) is -0.797. The lowest BCUT2D eigenvalue weighted by atomic mass is 10.0. The molecular weight excluding hydrogens is 458 g/mol. The largest absolute Gasteiger partial charge is 0.422 e. The minimum Gasteiger partial charge on any atom is -0.422 e. The number of hydrogen-bond donors (Lipinski definition) is 0. The maximum absolute atomic E-state index is 14.1. The highest BCUT2D eigenvalue weighted by atomic mass is 32.2. The number of sulfone groups is 1. The smallest absolute Gasteiger partial charge is 0.343 e. The average Bonchev–Trinajstić information content (AvgIpc) is 2.90. The molecule has 0 aromatic heterocycles. The molecule has 1 aliphatic heterocycles. The van der Waals surface area contributed by atoms with Crippen molar-refractivity contribution in [2.45, 2.75) is 29.7 Å². The Morgan fingerprint density at radius 3 is 2.20 bits per heavy atom. The number of rotatable bonds is 6. The van der Waals surface area contributed by atoms with Gasteiger partial charge < -0.3 is 9.64 Å². The van der Waals surface area contributed by atoms with Crippen molar-refractivity contribution in [1.29, 1.82) is 0 Å². The monoisotopic (exact) mass is 483 g/mol. The quantitative estimate of drug-likeness (QED) is 0.262. The van der Waals surface area contributed by atoms with Crippen LogP contribution in [-0.4, -0.2) is 19.8 Å². The highest BCUT2D eigenvalue weighted by molar-refractivity contribution is 7.92. The van der Waals surface area contributed by atoms with Crippen LogP contribution >= 0.6 is 0 Å². The topological polar surface area (TPSA) is 63.7 Å². The van der Waals surface area contributed by atoms with E-state index in [4.69, 9.17) is 4.74 Å². The Morgan fingerprint density at radius 1 is 0.800 bits per heavy atom. The molecule has 4 aromatic rings. The molecule has 0 radical (unpaired) electrons. The second-order valence-electron chi connectivity index (χ2n) is 8.48. The van der Waals surface area contributed by atoms with Crippen LogP contribution in [0.15, 0.2) is 114 Å². The van der Waals surface area contributed by atoms with Gasteiger partial charge in [0.2, 0.25) is 9.84 Å². The molecule has 35 heavy (non-hydrogen) atoms. The third kappa shape index (κ3) is 4.70. The molecule has 1 atom stereocenters. The van der Waals surface area contributed by atoms with E-state index < -0.39 is 21.2 Å². The van der Waals surface area contributed by atoms with E-state index in [1.807, 2.05) is 59.5 Å². The predicted octanol–water partition coefficient (Wildman–Crippen LogP) is 5.66. The number of anilines is 1. The molecule has 5 rings (SSSR count). The van der Waals surface area contributed by atoms with Gasteiger partial charge in [0.1, 0.15) is 16.0 Å². The number of aryl methyl sites for hydroxylation is 1. The second kappa shape index (κ2) is 9.76. The Labute approximate surface area is 205 Å². The number of benzene rings is 4. The molecular formula is C29H25NO4S. The summed E-state index contributed by atoms with van der Waals surface area (Å²) in [5.74, 6) is -0.553. The summed E-state index contributed by atoms with van der Waals surface area (Å²) in [6.45, 7) is 0.452. The molecule has 1 aliphatic rings. The van der Waals surface area contributed by atoms with Crippen molar-refractivity contribution in [3.05, 3.63) is 126 Å². The fourth-order valence-corrected chi connectivity index (χ4v) is 6.43. The van der Waals surface area contributed by atoms with Crippen LogP contribution in [0.2, 0.25) is 0 Å². The summed E-state index contributed by atoms with van der Waals surface area (Å²) in [6, 6.07) is 32.7. The van der Waals surface area contributed by atoms with Crippen LogP contribution in [0.3, 0.4) is 0 Å². The summed E-state index contributed by atoms with van der Waals surface area (Å²) < 4.78 is 33.8. The molecule has 0 saturated heterocycles. The first kappa shape index (κ1) is 22.9. The minimum absolute atomic E-state index is 0.0201. The Hall–Kier alpha value is -3.90. The lowest BCUT2D eigenvalue weighted by Crippen LogP contribution is -2.44. The van der Waals surface area contributed by atoms with E-state index in [1.165, 1.54) is 12.1 Å². The Bertz CT molecular complexity index is 1440. The van der Waals surface area contributed by atoms with Gasteiger partial charge in [-0.2, -0.15) is 0 Å². The second-order valence-corrected chi connectivity index (χ2v) is 10.6. The molecule has 5 nitrogen and oxygen atoms in total. The molecule has 6 heteroatoms. The number of fused-ring (bicyclic) bond motifs is 1. The Balaban J connectivity index is 1.53. The first-order valence-corrected chi connectivity index (χ1v) is 13.1. The van der Waals surface area contributed by atoms with Gasteiger partial charge in [0.15, 0.2) is 0 Å². The molecule has 0 spiro atoms. The van der Waals surface area contributed by atoms with Crippen LogP contribution < -0.4 is 9.64 Å². The standard InChI is InChI=1S/C29H25NO4S/c31-29(24-14-5-2-6-15-24)34-26-17-9-10-18-27(26)35(32,33)28-20-19-23-13-7-8-16-25(23)30(28)21-22-11-3-1-4-12-22/h1-18,28H,19-21H2. The first-order chi connectivity index (χ1) is 17.0. The molecule has 0 aliphatic carbocycles. The number of esters is 1. The number of hydrogen-bond acceptors (Lipinski definition) is 5. The third-order valence-corrected chi connectivity index (χ3v) is 8.39. The van der Waals surface area contributed by atoms with Crippen molar-refractivity contribution in [3.8, 4) is 5.75 Å². The van der Waals surface area contributed by atoms with Gasteiger partial charge in [0.05, 0.1) is 5.56 Å². The molecule has 0 amide bonds. The zero-order chi connectivity index (χ0) is 24.3. The minimum atomic E-state index is -3.88. The molecule has 0 fully saturated rings. The molecule has 4 aromatic carbocycles. The van der Waals surface area contributed by atoms with Gasteiger partial charge in [-0.1, -0.05) is 78.9 Å². The molecule has 1 unspecified atom stereocenters. The molecule has 1 heterocycles. The van der Waals surface area contributed by atoms with Crippen molar-refractivity contribution in [1.82, 2.24) is 0 Å². The Kier molecular flexibility index (Phi) is 6.38. The fourth-order valence-electron chi connectivity index (χ4n) is 4.53. The van der Waals surface area contributed by atoms with E-state index in [0.717, 1.165) is 16.8 Å². The fraction of sp³-hybridized carbons (Fsp3) is 0.138. The van der Waals surface area contributed by atoms with E-state index in [9.17, 15) is 13.2 Å². The van der Waals surface area contributed by atoms with Crippen LogP contribution in [0, 0.1) is 0 Å². The van der Waals surface area contributed by atoms with Crippen LogP contribution in [-0.2, 0) is 22.8 Å². The average molecular weight is 484 g/mol. The van der Waals surface area contributed by atoms with E-state index in [0.29, 0.717) is 24.9 Å².